The summed E-state index contributed by atoms with van der Waals surface area (Å²) in [5.74, 6) is 0.585. The number of carbonyl (C=O) groups excluding carboxylic acids is 1. The number of carbonyl (C=O) groups is 1. The number of hydrogen-bond donors (Lipinski definition) is 1. The molecule has 1 amide bonds. The Hall–Kier alpha value is -1.76. The number of nitrogens with one attached hydrogen (secondary N) is 1. The van der Waals surface area contributed by atoms with E-state index in [-0.39, 0.29) is 18.4 Å². The van der Waals surface area contributed by atoms with Crippen LogP contribution in [0.1, 0.15) is 19.1 Å². The molecule has 1 rings (SSSR count). The Kier molecular flexibility index (Phi) is 3.74. The zero-order valence-electron chi connectivity index (χ0n) is 7.99. The van der Waals surface area contributed by atoms with Gasteiger partial charge in [0.2, 0.25) is 5.91 Å². The van der Waals surface area contributed by atoms with Crippen LogP contribution in [0.15, 0.2) is 22.8 Å². The van der Waals surface area contributed by atoms with Gasteiger partial charge in [-0.2, -0.15) is 5.26 Å². The fourth-order valence-corrected chi connectivity index (χ4v) is 1.18. The second-order valence-electron chi connectivity index (χ2n) is 3.09. The quantitative estimate of drug-likeness (QED) is 0.780. The summed E-state index contributed by atoms with van der Waals surface area (Å²) >= 11 is 0. The van der Waals surface area contributed by atoms with Gasteiger partial charge in [-0.1, -0.05) is 0 Å². The number of nitriles is 1. The van der Waals surface area contributed by atoms with Crippen LogP contribution < -0.4 is 5.32 Å². The second-order valence-corrected chi connectivity index (χ2v) is 3.09. The first-order valence-electron chi connectivity index (χ1n) is 4.41. The molecule has 1 aromatic heterocycles. The van der Waals surface area contributed by atoms with Crippen LogP contribution in [0.3, 0.4) is 0 Å². The molecule has 0 spiro atoms. The summed E-state index contributed by atoms with van der Waals surface area (Å²) in [5, 5.41) is 11.0. The van der Waals surface area contributed by atoms with Crippen molar-refractivity contribution in [3.63, 3.8) is 0 Å². The third-order valence-corrected chi connectivity index (χ3v) is 1.73. The molecule has 74 valence electrons. The van der Waals surface area contributed by atoms with E-state index in [4.69, 9.17) is 9.68 Å². The van der Waals surface area contributed by atoms with Gasteiger partial charge in [0.1, 0.15) is 12.2 Å². The van der Waals surface area contributed by atoms with Gasteiger partial charge >= 0.3 is 0 Å². The normalized spacial score (nSPS) is 11.7. The average molecular weight is 192 g/mol. The maximum atomic E-state index is 11.0. The molecule has 4 nitrogen and oxygen atoms in total. The molecule has 0 aliphatic rings. The molecule has 0 aromatic carbocycles. The third kappa shape index (κ3) is 3.31. The van der Waals surface area contributed by atoms with Crippen molar-refractivity contribution in [2.45, 2.75) is 25.8 Å². The average Bonchev–Trinajstić information content (AvgIpc) is 2.56. The Morgan fingerprint density at radius 2 is 2.57 bits per heavy atom. The molecule has 14 heavy (non-hydrogen) atoms. The van der Waals surface area contributed by atoms with Gasteiger partial charge in [0.05, 0.1) is 12.3 Å². The Labute approximate surface area is 82.5 Å². The number of furan rings is 1. The van der Waals surface area contributed by atoms with E-state index in [1.54, 1.807) is 18.4 Å². The van der Waals surface area contributed by atoms with Crippen molar-refractivity contribution < 1.29 is 9.21 Å². The second kappa shape index (κ2) is 5.07. The standard InChI is InChI=1S/C10H12N2O2/c1-8(12-10(13)4-5-11)7-9-3-2-6-14-9/h2-3,6,8H,4,7H2,1H3,(H,12,13). The van der Waals surface area contributed by atoms with Gasteiger partial charge in [-0.05, 0) is 19.1 Å². The first kappa shape index (κ1) is 10.3. The van der Waals surface area contributed by atoms with Gasteiger partial charge in [0, 0.05) is 12.5 Å². The van der Waals surface area contributed by atoms with Crippen molar-refractivity contribution in [1.82, 2.24) is 5.32 Å². The number of nitrogens with zero attached hydrogens (tertiary/aromatic N) is 1. The molecule has 0 bridgehead atoms. The highest BCUT2D eigenvalue weighted by Gasteiger charge is 2.08. The smallest absolute Gasteiger partial charge is 0.234 e. The van der Waals surface area contributed by atoms with E-state index in [0.717, 1.165) is 5.76 Å². The van der Waals surface area contributed by atoms with E-state index in [1.165, 1.54) is 0 Å². The third-order valence-electron chi connectivity index (χ3n) is 1.73. The van der Waals surface area contributed by atoms with E-state index in [9.17, 15) is 4.79 Å². The zero-order chi connectivity index (χ0) is 10.4. The van der Waals surface area contributed by atoms with Crippen LogP contribution >= 0.6 is 0 Å². The molecular formula is C10H12N2O2. The molecule has 1 aromatic rings. The van der Waals surface area contributed by atoms with Gasteiger partial charge in [-0.3, -0.25) is 4.79 Å². The van der Waals surface area contributed by atoms with Crippen molar-refractivity contribution in [1.29, 1.82) is 5.26 Å². The van der Waals surface area contributed by atoms with Crippen molar-refractivity contribution in [2.24, 2.45) is 0 Å². The molecule has 1 unspecified atom stereocenters. The lowest BCUT2D eigenvalue weighted by molar-refractivity contribution is -0.120. The highest BCUT2D eigenvalue weighted by Crippen LogP contribution is 2.03. The van der Waals surface area contributed by atoms with E-state index in [2.05, 4.69) is 5.32 Å². The topological polar surface area (TPSA) is 66.0 Å². The highest BCUT2D eigenvalue weighted by atomic mass is 16.3. The summed E-state index contributed by atoms with van der Waals surface area (Å²) in [4.78, 5) is 11.0. The molecule has 0 aliphatic heterocycles. The van der Waals surface area contributed by atoms with Crippen molar-refractivity contribution >= 4 is 5.91 Å². The molecule has 0 radical (unpaired) electrons. The molecule has 0 fully saturated rings. The predicted octanol–water partition coefficient (Wildman–Crippen LogP) is 1.24. The number of rotatable bonds is 4. The zero-order valence-corrected chi connectivity index (χ0v) is 7.99. The Morgan fingerprint density at radius 1 is 1.79 bits per heavy atom. The van der Waals surface area contributed by atoms with Crippen LogP contribution in [-0.2, 0) is 11.2 Å². The lowest BCUT2D eigenvalue weighted by atomic mass is 10.2. The van der Waals surface area contributed by atoms with Crippen molar-refractivity contribution in [3.05, 3.63) is 24.2 Å². The largest absolute Gasteiger partial charge is 0.469 e. The van der Waals surface area contributed by atoms with Gasteiger partial charge in [0.15, 0.2) is 0 Å². The van der Waals surface area contributed by atoms with E-state index in [0.29, 0.717) is 6.42 Å². The van der Waals surface area contributed by atoms with Crippen LogP contribution in [0.5, 0.6) is 0 Å². The number of hydrogen-bond acceptors (Lipinski definition) is 3. The Morgan fingerprint density at radius 3 is 3.14 bits per heavy atom. The minimum absolute atomic E-state index is 0.0120. The summed E-state index contributed by atoms with van der Waals surface area (Å²) in [7, 11) is 0. The van der Waals surface area contributed by atoms with E-state index >= 15 is 0 Å². The molecule has 0 saturated carbocycles. The van der Waals surface area contributed by atoms with Crippen LogP contribution in [0.2, 0.25) is 0 Å². The van der Waals surface area contributed by atoms with Crippen LogP contribution in [-0.4, -0.2) is 11.9 Å². The lowest BCUT2D eigenvalue weighted by Gasteiger charge is -2.10. The summed E-state index contributed by atoms with van der Waals surface area (Å²) in [6.45, 7) is 1.87. The van der Waals surface area contributed by atoms with Crippen LogP contribution in [0.25, 0.3) is 0 Å². The van der Waals surface area contributed by atoms with E-state index in [1.807, 2.05) is 13.0 Å². The fraction of sp³-hybridized carbons (Fsp3) is 0.400. The van der Waals surface area contributed by atoms with Crippen LogP contribution in [0.4, 0.5) is 0 Å². The maximum Gasteiger partial charge on any atom is 0.234 e. The minimum Gasteiger partial charge on any atom is -0.469 e. The SMILES string of the molecule is CC(Cc1ccco1)NC(=O)CC#N. The molecule has 1 N–H and O–H groups in total. The molecule has 1 atom stereocenters. The van der Waals surface area contributed by atoms with Crippen molar-refractivity contribution in [2.75, 3.05) is 0 Å². The number of amides is 1. The molecular weight excluding hydrogens is 180 g/mol. The summed E-state index contributed by atoms with van der Waals surface area (Å²) in [6.07, 6.45) is 2.14. The summed E-state index contributed by atoms with van der Waals surface area (Å²) < 4.78 is 5.13. The monoisotopic (exact) mass is 192 g/mol. The molecule has 4 heteroatoms. The predicted molar refractivity (Wildman–Crippen MR) is 50.2 cm³/mol. The summed E-state index contributed by atoms with van der Waals surface area (Å²) in [5.41, 5.74) is 0. The van der Waals surface area contributed by atoms with Crippen LogP contribution in [0, 0.1) is 11.3 Å². The first-order valence-corrected chi connectivity index (χ1v) is 4.41. The van der Waals surface area contributed by atoms with Crippen molar-refractivity contribution in [3.8, 4) is 6.07 Å². The molecule has 0 saturated heterocycles. The van der Waals surface area contributed by atoms with Gasteiger partial charge < -0.3 is 9.73 Å². The van der Waals surface area contributed by atoms with E-state index < -0.39 is 0 Å². The Bertz CT molecular complexity index is 324. The molecule has 1 heterocycles. The van der Waals surface area contributed by atoms with Gasteiger partial charge in [0.25, 0.3) is 0 Å². The van der Waals surface area contributed by atoms with Gasteiger partial charge in [-0.25, -0.2) is 0 Å². The maximum absolute atomic E-state index is 11.0. The lowest BCUT2D eigenvalue weighted by Crippen LogP contribution is -2.33. The Balaban J connectivity index is 2.33. The minimum atomic E-state index is -0.244. The molecule has 0 aliphatic carbocycles. The van der Waals surface area contributed by atoms with Gasteiger partial charge in [-0.15, -0.1) is 0 Å². The first-order chi connectivity index (χ1) is 6.72. The summed E-state index contributed by atoms with van der Waals surface area (Å²) in [6, 6.07) is 5.44. The highest BCUT2D eigenvalue weighted by molar-refractivity contribution is 5.78. The fourth-order valence-electron chi connectivity index (χ4n) is 1.18.